The predicted octanol–water partition coefficient (Wildman–Crippen LogP) is 2.29. The van der Waals surface area contributed by atoms with Crippen LogP contribution in [-0.2, 0) is 16.1 Å². The molecule has 3 aliphatic rings. The van der Waals surface area contributed by atoms with Crippen LogP contribution in [0.25, 0.3) is 11.0 Å². The molecule has 3 aliphatic heterocycles. The van der Waals surface area contributed by atoms with Crippen LogP contribution >= 0.6 is 11.8 Å². The second-order valence-electron chi connectivity index (χ2n) is 8.52. The fourth-order valence-electron chi connectivity index (χ4n) is 4.81. The molecule has 0 spiro atoms. The molecule has 2 aromatic heterocycles. The van der Waals surface area contributed by atoms with Gasteiger partial charge in [-0.05, 0) is 24.3 Å². The number of carbonyl (C=O) groups is 2. The zero-order valence-electron chi connectivity index (χ0n) is 17.9. The molecule has 174 valence electrons. The van der Waals surface area contributed by atoms with E-state index in [9.17, 15) is 18.8 Å². The lowest BCUT2D eigenvalue weighted by molar-refractivity contribution is -0.113. The summed E-state index contributed by atoms with van der Waals surface area (Å²) < 4.78 is 21.7. The standard InChI is InChI=1S/C23H20FN5O4S/c24-15-8-26-16-2-4-20(31)29-9-12(21(15)22(16)29)6-25-7-14-10-28(23(32)33-14)13-1-3-18-17(5-13)27-19(30)11-34-18/h1-5,8,12,14,25H,6-7,9-11H2,(H,27,30)/t12?,14-/m1/s1. The van der Waals surface area contributed by atoms with Crippen molar-refractivity contribution in [2.45, 2.75) is 23.5 Å². The third kappa shape index (κ3) is 3.51. The Morgan fingerprint density at radius 2 is 2.06 bits per heavy atom. The summed E-state index contributed by atoms with van der Waals surface area (Å²) in [5, 5.41) is 6.10. The van der Waals surface area contributed by atoms with Crippen LogP contribution in [0.3, 0.4) is 0 Å². The number of ether oxygens (including phenoxy) is 1. The highest BCUT2D eigenvalue weighted by molar-refractivity contribution is 8.00. The van der Waals surface area contributed by atoms with E-state index >= 15 is 0 Å². The molecule has 0 aliphatic carbocycles. The van der Waals surface area contributed by atoms with Gasteiger partial charge in [-0.25, -0.2) is 9.18 Å². The van der Waals surface area contributed by atoms with Crippen molar-refractivity contribution < 1.29 is 18.7 Å². The number of benzene rings is 1. The summed E-state index contributed by atoms with van der Waals surface area (Å²) in [4.78, 5) is 43.0. The summed E-state index contributed by atoms with van der Waals surface area (Å²) >= 11 is 1.46. The number of hydrogen-bond acceptors (Lipinski definition) is 7. The molecule has 5 heterocycles. The summed E-state index contributed by atoms with van der Waals surface area (Å²) in [6, 6.07) is 8.57. The van der Waals surface area contributed by atoms with E-state index in [0.29, 0.717) is 59.9 Å². The van der Waals surface area contributed by atoms with Crippen molar-refractivity contribution >= 4 is 46.2 Å². The number of rotatable bonds is 5. The minimum Gasteiger partial charge on any atom is -0.443 e. The van der Waals surface area contributed by atoms with Gasteiger partial charge in [0.25, 0.3) is 5.56 Å². The maximum absolute atomic E-state index is 14.6. The van der Waals surface area contributed by atoms with E-state index < -0.39 is 11.9 Å². The number of nitrogens with zero attached hydrogens (tertiary/aromatic N) is 3. The second kappa shape index (κ2) is 8.10. The molecular weight excluding hydrogens is 461 g/mol. The van der Waals surface area contributed by atoms with Crippen molar-refractivity contribution in [3.8, 4) is 0 Å². The van der Waals surface area contributed by atoms with Gasteiger partial charge >= 0.3 is 6.09 Å². The van der Waals surface area contributed by atoms with E-state index in [2.05, 4.69) is 15.6 Å². The molecule has 1 fully saturated rings. The SMILES string of the molecule is O=C1CSc2ccc(N3C[C@@H](CNCC4Cn5c(=O)ccc6ncc(F)c4c65)OC3=O)cc2N1. The molecule has 11 heteroatoms. The van der Waals surface area contributed by atoms with Crippen molar-refractivity contribution in [2.75, 3.05) is 35.6 Å². The van der Waals surface area contributed by atoms with Gasteiger partial charge < -0.3 is 19.9 Å². The molecule has 1 aromatic carbocycles. The van der Waals surface area contributed by atoms with Crippen LogP contribution in [0.5, 0.6) is 0 Å². The highest BCUT2D eigenvalue weighted by atomic mass is 32.2. The van der Waals surface area contributed by atoms with Crippen LogP contribution in [0.2, 0.25) is 0 Å². The number of fused-ring (bicyclic) bond motifs is 1. The van der Waals surface area contributed by atoms with E-state index in [1.165, 1.54) is 28.9 Å². The summed E-state index contributed by atoms with van der Waals surface area (Å²) in [5.74, 6) is -0.343. The highest BCUT2D eigenvalue weighted by Crippen LogP contribution is 2.36. The van der Waals surface area contributed by atoms with Gasteiger partial charge in [0.2, 0.25) is 5.91 Å². The Bertz CT molecular complexity index is 1410. The molecule has 1 unspecified atom stereocenters. The minimum atomic E-state index is -0.455. The molecule has 1 saturated heterocycles. The van der Waals surface area contributed by atoms with Gasteiger partial charge in [-0.15, -0.1) is 11.8 Å². The van der Waals surface area contributed by atoms with Crippen LogP contribution in [0, 0.1) is 5.82 Å². The maximum Gasteiger partial charge on any atom is 0.414 e. The van der Waals surface area contributed by atoms with E-state index in [1.807, 2.05) is 12.1 Å². The number of halogens is 1. The first kappa shape index (κ1) is 21.1. The monoisotopic (exact) mass is 481 g/mol. The molecule has 2 N–H and O–H groups in total. The Kier molecular flexibility index (Phi) is 5.03. The molecule has 0 radical (unpaired) electrons. The first-order valence-electron chi connectivity index (χ1n) is 10.9. The number of pyridine rings is 2. The van der Waals surface area contributed by atoms with Crippen LogP contribution in [0.15, 0.2) is 46.2 Å². The van der Waals surface area contributed by atoms with E-state index in [4.69, 9.17) is 4.74 Å². The number of cyclic esters (lactones) is 1. The zero-order valence-corrected chi connectivity index (χ0v) is 18.7. The average Bonchev–Trinajstić information content (AvgIpc) is 3.39. The van der Waals surface area contributed by atoms with Gasteiger partial charge in [0, 0.05) is 47.8 Å². The second-order valence-corrected chi connectivity index (χ2v) is 9.54. The molecule has 2 amide bonds. The van der Waals surface area contributed by atoms with Crippen molar-refractivity contribution in [3.63, 3.8) is 0 Å². The Labute approximate surface area is 197 Å². The van der Waals surface area contributed by atoms with Crippen molar-refractivity contribution in [1.29, 1.82) is 0 Å². The fourth-order valence-corrected chi connectivity index (χ4v) is 5.60. The van der Waals surface area contributed by atoms with E-state index in [0.717, 1.165) is 4.90 Å². The summed E-state index contributed by atoms with van der Waals surface area (Å²) in [5.41, 5.74) is 2.81. The third-order valence-corrected chi connectivity index (χ3v) is 7.42. The normalized spacial score (nSPS) is 21.0. The summed E-state index contributed by atoms with van der Waals surface area (Å²) in [7, 11) is 0. The van der Waals surface area contributed by atoms with Crippen molar-refractivity contribution in [2.24, 2.45) is 0 Å². The first-order valence-corrected chi connectivity index (χ1v) is 11.9. The molecule has 0 saturated carbocycles. The predicted molar refractivity (Wildman–Crippen MR) is 125 cm³/mol. The number of aromatic nitrogens is 2. The van der Waals surface area contributed by atoms with Crippen molar-refractivity contribution in [1.82, 2.24) is 14.9 Å². The van der Waals surface area contributed by atoms with Crippen LogP contribution < -0.4 is 21.1 Å². The van der Waals surface area contributed by atoms with Crippen LogP contribution in [0.4, 0.5) is 20.6 Å². The number of anilines is 2. The smallest absolute Gasteiger partial charge is 0.414 e. The molecule has 2 atom stereocenters. The van der Waals surface area contributed by atoms with Gasteiger partial charge in [0.05, 0.1) is 35.2 Å². The molecule has 9 nitrogen and oxygen atoms in total. The van der Waals surface area contributed by atoms with Gasteiger partial charge in [0.15, 0.2) is 0 Å². The lowest BCUT2D eigenvalue weighted by Gasteiger charge is -2.20. The Balaban J connectivity index is 1.12. The number of hydrogen-bond donors (Lipinski definition) is 2. The quantitative estimate of drug-likeness (QED) is 0.576. The highest BCUT2D eigenvalue weighted by Gasteiger charge is 2.34. The molecule has 3 aromatic rings. The molecule has 6 rings (SSSR count). The summed E-state index contributed by atoms with van der Waals surface area (Å²) in [6.45, 7) is 1.53. The van der Waals surface area contributed by atoms with Gasteiger partial charge in [-0.1, -0.05) is 0 Å². The number of carbonyl (C=O) groups excluding carboxylic acids is 2. The molecule has 0 bridgehead atoms. The minimum absolute atomic E-state index is 0.0695. The average molecular weight is 482 g/mol. The van der Waals surface area contributed by atoms with Gasteiger partial charge in [-0.2, -0.15) is 0 Å². The lowest BCUT2D eigenvalue weighted by atomic mass is 10.0. The number of amides is 2. The van der Waals surface area contributed by atoms with E-state index in [1.54, 1.807) is 16.7 Å². The largest absolute Gasteiger partial charge is 0.443 e. The number of thioether (sulfide) groups is 1. The van der Waals surface area contributed by atoms with Gasteiger partial charge in [0.1, 0.15) is 11.9 Å². The van der Waals surface area contributed by atoms with E-state index in [-0.39, 0.29) is 23.5 Å². The van der Waals surface area contributed by atoms with Gasteiger partial charge in [-0.3, -0.25) is 19.5 Å². The molecule has 34 heavy (non-hydrogen) atoms. The lowest BCUT2D eigenvalue weighted by Crippen LogP contribution is -2.33. The van der Waals surface area contributed by atoms with Crippen molar-refractivity contribution in [3.05, 3.63) is 58.3 Å². The maximum atomic E-state index is 14.6. The first-order chi connectivity index (χ1) is 16.5. The molecular formula is C23H20FN5O4S. The summed E-state index contributed by atoms with van der Waals surface area (Å²) in [6.07, 6.45) is 0.352. The Morgan fingerprint density at radius 3 is 2.94 bits per heavy atom. The number of nitrogens with one attached hydrogen (secondary N) is 2. The van der Waals surface area contributed by atoms with Crippen LogP contribution in [0.1, 0.15) is 11.5 Å². The topological polar surface area (TPSA) is 106 Å². The Hall–Kier alpha value is -3.44. The third-order valence-electron chi connectivity index (χ3n) is 6.35. The van der Waals surface area contributed by atoms with Crippen LogP contribution in [-0.4, -0.2) is 53.0 Å². The zero-order chi connectivity index (χ0) is 23.4. The fraction of sp³-hybridized carbons (Fsp3) is 0.304. The Morgan fingerprint density at radius 1 is 1.18 bits per heavy atom.